The molecule has 0 saturated heterocycles. The number of nitrogens with one attached hydrogen (secondary N) is 2. The van der Waals surface area contributed by atoms with Gasteiger partial charge in [0.1, 0.15) is 0 Å². The van der Waals surface area contributed by atoms with Gasteiger partial charge < -0.3 is 20.5 Å². The first-order valence-corrected chi connectivity index (χ1v) is 8.56. The summed E-state index contributed by atoms with van der Waals surface area (Å²) in [5.41, 5.74) is 2.19. The maximum Gasteiger partial charge on any atom is 0.335 e. The molecule has 0 saturated carbocycles. The lowest BCUT2D eigenvalue weighted by atomic mass is 10.1. The van der Waals surface area contributed by atoms with Crippen molar-refractivity contribution in [2.45, 2.75) is 26.0 Å². The van der Waals surface area contributed by atoms with Crippen molar-refractivity contribution in [2.75, 3.05) is 13.2 Å². The van der Waals surface area contributed by atoms with E-state index in [-0.39, 0.29) is 17.7 Å². The van der Waals surface area contributed by atoms with E-state index in [2.05, 4.69) is 10.6 Å². The number of amides is 2. The molecule has 3 N–H and O–H groups in total. The molecule has 2 aromatic rings. The lowest BCUT2D eigenvalue weighted by molar-refractivity contribution is 0.0643. The number of urea groups is 1. The molecule has 2 amide bonds. The Balaban J connectivity index is 1.58. The van der Waals surface area contributed by atoms with Crippen molar-refractivity contribution < 1.29 is 19.4 Å². The summed E-state index contributed by atoms with van der Waals surface area (Å²) in [6.45, 7) is 3.43. The third-order valence-corrected chi connectivity index (χ3v) is 3.90. The Labute approximate surface area is 153 Å². The quantitative estimate of drug-likeness (QED) is 0.601. The van der Waals surface area contributed by atoms with Crippen LogP contribution in [0.4, 0.5) is 4.79 Å². The van der Waals surface area contributed by atoms with E-state index in [4.69, 9.17) is 9.84 Å². The summed E-state index contributed by atoms with van der Waals surface area (Å²) >= 11 is 0. The molecule has 138 valence electrons. The van der Waals surface area contributed by atoms with E-state index in [1.807, 2.05) is 37.3 Å². The highest BCUT2D eigenvalue weighted by Crippen LogP contribution is 2.15. The van der Waals surface area contributed by atoms with Gasteiger partial charge in [0.05, 0.1) is 11.7 Å². The normalized spacial score (nSPS) is 11.6. The number of aromatic carboxylic acids is 1. The number of hydrogen-bond donors (Lipinski definition) is 3. The van der Waals surface area contributed by atoms with Gasteiger partial charge in [-0.1, -0.05) is 42.5 Å². The van der Waals surface area contributed by atoms with Gasteiger partial charge in [-0.05, 0) is 36.6 Å². The van der Waals surface area contributed by atoms with Gasteiger partial charge in [-0.2, -0.15) is 0 Å². The second kappa shape index (κ2) is 10.2. The molecule has 0 spiro atoms. The van der Waals surface area contributed by atoms with Crippen LogP contribution in [-0.4, -0.2) is 30.3 Å². The highest BCUT2D eigenvalue weighted by molar-refractivity contribution is 5.87. The number of carbonyl (C=O) groups is 2. The zero-order chi connectivity index (χ0) is 18.8. The largest absolute Gasteiger partial charge is 0.478 e. The molecule has 0 aliphatic rings. The number of carboxylic acids is 1. The standard InChI is InChI=1S/C20H24N2O4/c1-15(17-6-3-2-4-7-17)26-13-5-12-21-20(25)22-14-16-8-10-18(11-9-16)19(23)24/h2-4,6-11,15H,5,12-14H2,1H3,(H,23,24)(H2,21,22,25). The summed E-state index contributed by atoms with van der Waals surface area (Å²) in [6.07, 6.45) is 0.747. The number of carbonyl (C=O) groups excluding carboxylic acids is 1. The first kappa shape index (κ1) is 19.5. The van der Waals surface area contributed by atoms with E-state index in [1.54, 1.807) is 12.1 Å². The van der Waals surface area contributed by atoms with E-state index in [0.29, 0.717) is 19.7 Å². The van der Waals surface area contributed by atoms with Gasteiger partial charge in [-0.15, -0.1) is 0 Å². The van der Waals surface area contributed by atoms with Gasteiger partial charge in [-0.3, -0.25) is 0 Å². The van der Waals surface area contributed by atoms with E-state index < -0.39 is 5.97 Å². The number of rotatable bonds is 9. The van der Waals surface area contributed by atoms with Crippen molar-refractivity contribution >= 4 is 12.0 Å². The Morgan fingerprint density at radius 2 is 1.73 bits per heavy atom. The summed E-state index contributed by atoms with van der Waals surface area (Å²) in [4.78, 5) is 22.5. The molecule has 0 fully saturated rings. The molecule has 2 aromatic carbocycles. The summed E-state index contributed by atoms with van der Waals surface area (Å²) in [5, 5.41) is 14.4. The van der Waals surface area contributed by atoms with Gasteiger partial charge in [0.2, 0.25) is 0 Å². The first-order chi connectivity index (χ1) is 12.6. The minimum atomic E-state index is -0.967. The Morgan fingerprint density at radius 3 is 2.38 bits per heavy atom. The minimum absolute atomic E-state index is 0.0267. The first-order valence-electron chi connectivity index (χ1n) is 8.56. The van der Waals surface area contributed by atoms with E-state index >= 15 is 0 Å². The van der Waals surface area contributed by atoms with Crippen LogP contribution in [0, 0.1) is 0 Å². The van der Waals surface area contributed by atoms with Crippen molar-refractivity contribution in [1.29, 1.82) is 0 Å². The van der Waals surface area contributed by atoms with E-state index in [0.717, 1.165) is 17.5 Å². The monoisotopic (exact) mass is 356 g/mol. The second-order valence-corrected chi connectivity index (χ2v) is 5.89. The Morgan fingerprint density at radius 1 is 1.04 bits per heavy atom. The molecule has 0 heterocycles. The van der Waals surface area contributed by atoms with Crippen LogP contribution in [0.1, 0.15) is 40.9 Å². The van der Waals surface area contributed by atoms with Gasteiger partial charge >= 0.3 is 12.0 Å². The Kier molecular flexibility index (Phi) is 7.64. The van der Waals surface area contributed by atoms with Gasteiger partial charge in [0.15, 0.2) is 0 Å². The van der Waals surface area contributed by atoms with Crippen LogP contribution in [-0.2, 0) is 11.3 Å². The van der Waals surface area contributed by atoms with E-state index in [1.165, 1.54) is 12.1 Å². The SMILES string of the molecule is CC(OCCCNC(=O)NCc1ccc(C(=O)O)cc1)c1ccccc1. The molecule has 6 nitrogen and oxygen atoms in total. The predicted molar refractivity (Wildman–Crippen MR) is 99.1 cm³/mol. The highest BCUT2D eigenvalue weighted by atomic mass is 16.5. The number of ether oxygens (including phenoxy) is 1. The second-order valence-electron chi connectivity index (χ2n) is 5.89. The van der Waals surface area contributed by atoms with Crippen LogP contribution >= 0.6 is 0 Å². The molecule has 0 aliphatic carbocycles. The lowest BCUT2D eigenvalue weighted by Crippen LogP contribution is -2.35. The molecule has 0 aromatic heterocycles. The summed E-state index contributed by atoms with van der Waals surface area (Å²) in [7, 11) is 0. The number of hydrogen-bond acceptors (Lipinski definition) is 3. The van der Waals surface area contributed by atoms with Crippen molar-refractivity contribution in [3.63, 3.8) is 0 Å². The summed E-state index contributed by atoms with van der Waals surface area (Å²) in [5.74, 6) is -0.967. The fourth-order valence-corrected chi connectivity index (χ4v) is 2.36. The van der Waals surface area contributed by atoms with Crippen LogP contribution in [0.3, 0.4) is 0 Å². The van der Waals surface area contributed by atoms with Crippen molar-refractivity contribution in [1.82, 2.24) is 10.6 Å². The third kappa shape index (κ3) is 6.57. The highest BCUT2D eigenvalue weighted by Gasteiger charge is 2.05. The Bertz CT molecular complexity index is 702. The molecule has 0 radical (unpaired) electrons. The predicted octanol–water partition coefficient (Wildman–Crippen LogP) is 3.35. The molecule has 1 unspecified atom stereocenters. The molecule has 1 atom stereocenters. The average molecular weight is 356 g/mol. The number of carboxylic acid groups (broad SMARTS) is 1. The maximum absolute atomic E-state index is 11.8. The van der Waals surface area contributed by atoms with Crippen LogP contribution in [0.15, 0.2) is 54.6 Å². The zero-order valence-corrected chi connectivity index (χ0v) is 14.8. The van der Waals surface area contributed by atoms with Gasteiger partial charge in [0, 0.05) is 19.7 Å². The fourth-order valence-electron chi connectivity index (χ4n) is 2.36. The van der Waals surface area contributed by atoms with Gasteiger partial charge in [0.25, 0.3) is 0 Å². The maximum atomic E-state index is 11.8. The molecular weight excluding hydrogens is 332 g/mol. The van der Waals surface area contributed by atoms with Crippen LogP contribution < -0.4 is 10.6 Å². The molecule has 0 aliphatic heterocycles. The minimum Gasteiger partial charge on any atom is -0.478 e. The molecule has 6 heteroatoms. The third-order valence-electron chi connectivity index (χ3n) is 3.90. The zero-order valence-electron chi connectivity index (χ0n) is 14.8. The van der Waals surface area contributed by atoms with E-state index in [9.17, 15) is 9.59 Å². The smallest absolute Gasteiger partial charge is 0.335 e. The van der Waals surface area contributed by atoms with Crippen LogP contribution in [0.5, 0.6) is 0 Å². The van der Waals surface area contributed by atoms with Crippen LogP contribution in [0.2, 0.25) is 0 Å². The van der Waals surface area contributed by atoms with Crippen molar-refractivity contribution in [3.8, 4) is 0 Å². The molecule has 2 rings (SSSR count). The molecular formula is C20H24N2O4. The number of benzene rings is 2. The summed E-state index contributed by atoms with van der Waals surface area (Å²) in [6, 6.07) is 16.1. The fraction of sp³-hybridized carbons (Fsp3) is 0.300. The van der Waals surface area contributed by atoms with Crippen molar-refractivity contribution in [3.05, 3.63) is 71.3 Å². The molecule has 0 bridgehead atoms. The topological polar surface area (TPSA) is 87.7 Å². The van der Waals surface area contributed by atoms with Crippen molar-refractivity contribution in [2.24, 2.45) is 0 Å². The average Bonchev–Trinajstić information content (AvgIpc) is 2.67. The Hall–Kier alpha value is -2.86. The van der Waals surface area contributed by atoms with Gasteiger partial charge in [-0.25, -0.2) is 9.59 Å². The molecule has 26 heavy (non-hydrogen) atoms. The lowest BCUT2D eigenvalue weighted by Gasteiger charge is -2.13. The van der Waals surface area contributed by atoms with Crippen LogP contribution in [0.25, 0.3) is 0 Å². The summed E-state index contributed by atoms with van der Waals surface area (Å²) < 4.78 is 5.75.